The van der Waals surface area contributed by atoms with Crippen LogP contribution in [0.4, 0.5) is 10.5 Å². The van der Waals surface area contributed by atoms with Gasteiger partial charge in [0.25, 0.3) is 5.91 Å². The lowest BCUT2D eigenvalue weighted by molar-refractivity contribution is -0.147. The lowest BCUT2D eigenvalue weighted by Crippen LogP contribution is -2.58. The number of amides is 3. The Balaban J connectivity index is 2.65. The van der Waals surface area contributed by atoms with Gasteiger partial charge in [0.05, 0.1) is 10.7 Å². The van der Waals surface area contributed by atoms with Crippen molar-refractivity contribution in [2.75, 3.05) is 5.32 Å². The molecule has 2 N–H and O–H groups in total. The second-order valence-corrected chi connectivity index (χ2v) is 11.8. The van der Waals surface area contributed by atoms with Gasteiger partial charge < -0.3 is 20.3 Å². The summed E-state index contributed by atoms with van der Waals surface area (Å²) >= 11 is 6.44. The molecule has 2 aromatic rings. The molecule has 0 aliphatic carbocycles. The van der Waals surface area contributed by atoms with Gasteiger partial charge in [0.1, 0.15) is 17.7 Å². The topological polar surface area (TPSA) is 87.7 Å². The van der Waals surface area contributed by atoms with E-state index < -0.39 is 41.1 Å². The zero-order valence-corrected chi connectivity index (χ0v) is 25.0. The molecular weight excluding hydrogens is 502 g/mol. The molecule has 0 saturated carbocycles. The van der Waals surface area contributed by atoms with Gasteiger partial charge in [0, 0.05) is 5.54 Å². The van der Waals surface area contributed by atoms with Crippen molar-refractivity contribution in [3.8, 4) is 0 Å². The van der Waals surface area contributed by atoms with E-state index in [0.717, 1.165) is 16.7 Å². The van der Waals surface area contributed by atoms with Gasteiger partial charge in [-0.2, -0.15) is 0 Å². The molecule has 0 saturated heterocycles. The SMILES string of the molecule is CCC(C)(C)N(C(=O)C(C)NC(=O)OC(C)(C)C)C(C(=O)Nc1c(C)cccc1Cl)c1cc(C)ccc1C. The lowest BCUT2D eigenvalue weighted by Gasteiger charge is -2.44. The van der Waals surface area contributed by atoms with Crippen molar-refractivity contribution >= 4 is 35.2 Å². The van der Waals surface area contributed by atoms with Crippen LogP contribution in [0.5, 0.6) is 0 Å². The summed E-state index contributed by atoms with van der Waals surface area (Å²) in [6.45, 7) is 18.4. The van der Waals surface area contributed by atoms with Crippen LogP contribution in [0.1, 0.15) is 83.2 Å². The fourth-order valence-corrected chi connectivity index (χ4v) is 4.40. The van der Waals surface area contributed by atoms with Crippen molar-refractivity contribution < 1.29 is 19.1 Å². The molecule has 208 valence electrons. The highest BCUT2D eigenvalue weighted by atomic mass is 35.5. The smallest absolute Gasteiger partial charge is 0.408 e. The summed E-state index contributed by atoms with van der Waals surface area (Å²) in [5.74, 6) is -0.797. The molecule has 2 atom stereocenters. The third kappa shape index (κ3) is 7.73. The number of carbonyl (C=O) groups is 3. The van der Waals surface area contributed by atoms with Crippen LogP contribution in [0.25, 0.3) is 0 Å². The normalized spacial score (nSPS) is 13.3. The van der Waals surface area contributed by atoms with E-state index >= 15 is 0 Å². The fourth-order valence-electron chi connectivity index (χ4n) is 4.13. The zero-order valence-electron chi connectivity index (χ0n) is 24.3. The number of benzene rings is 2. The molecule has 2 unspecified atom stereocenters. The van der Waals surface area contributed by atoms with Crippen LogP contribution < -0.4 is 10.6 Å². The number of rotatable bonds is 8. The van der Waals surface area contributed by atoms with E-state index in [1.54, 1.807) is 38.7 Å². The molecule has 2 aromatic carbocycles. The maximum Gasteiger partial charge on any atom is 0.408 e. The Morgan fingerprint density at radius 1 is 1.00 bits per heavy atom. The van der Waals surface area contributed by atoms with E-state index in [1.165, 1.54) is 0 Å². The van der Waals surface area contributed by atoms with Crippen LogP contribution >= 0.6 is 11.6 Å². The summed E-state index contributed by atoms with van der Waals surface area (Å²) in [5, 5.41) is 6.04. The number of nitrogens with zero attached hydrogens (tertiary/aromatic N) is 1. The van der Waals surface area contributed by atoms with E-state index in [4.69, 9.17) is 16.3 Å². The molecule has 7 nitrogen and oxygen atoms in total. The first-order valence-electron chi connectivity index (χ1n) is 12.9. The summed E-state index contributed by atoms with van der Waals surface area (Å²) < 4.78 is 5.37. The second kappa shape index (κ2) is 12.2. The predicted molar refractivity (Wildman–Crippen MR) is 154 cm³/mol. The average molecular weight is 544 g/mol. The van der Waals surface area contributed by atoms with Crippen molar-refractivity contribution in [2.24, 2.45) is 0 Å². The Hall–Kier alpha value is -3.06. The highest BCUT2D eigenvalue weighted by molar-refractivity contribution is 6.34. The van der Waals surface area contributed by atoms with Crippen molar-refractivity contribution in [1.82, 2.24) is 10.2 Å². The van der Waals surface area contributed by atoms with E-state index in [0.29, 0.717) is 22.7 Å². The quantitative estimate of drug-likeness (QED) is 0.380. The predicted octanol–water partition coefficient (Wildman–Crippen LogP) is 6.88. The molecule has 0 heterocycles. The van der Waals surface area contributed by atoms with Gasteiger partial charge in [-0.15, -0.1) is 0 Å². The first-order valence-corrected chi connectivity index (χ1v) is 13.3. The van der Waals surface area contributed by atoms with E-state index in [2.05, 4.69) is 10.6 Å². The van der Waals surface area contributed by atoms with Crippen molar-refractivity contribution in [2.45, 2.75) is 98.9 Å². The van der Waals surface area contributed by atoms with E-state index in [-0.39, 0.29) is 0 Å². The van der Waals surface area contributed by atoms with Crippen LogP contribution in [-0.4, -0.2) is 40.0 Å². The van der Waals surface area contributed by atoms with Gasteiger partial charge in [0.2, 0.25) is 5.91 Å². The van der Waals surface area contributed by atoms with Gasteiger partial charge in [0.15, 0.2) is 0 Å². The van der Waals surface area contributed by atoms with E-state index in [1.807, 2.05) is 71.9 Å². The Kier molecular flexibility index (Phi) is 10.0. The molecule has 0 fully saturated rings. The van der Waals surface area contributed by atoms with Crippen LogP contribution in [-0.2, 0) is 14.3 Å². The Morgan fingerprint density at radius 3 is 2.18 bits per heavy atom. The summed E-state index contributed by atoms with van der Waals surface area (Å²) in [5.41, 5.74) is 2.36. The van der Waals surface area contributed by atoms with Crippen molar-refractivity contribution in [3.63, 3.8) is 0 Å². The number of carbonyl (C=O) groups excluding carboxylic acids is 3. The highest BCUT2D eigenvalue weighted by Gasteiger charge is 2.42. The number of alkyl carbamates (subject to hydrolysis) is 1. The monoisotopic (exact) mass is 543 g/mol. The largest absolute Gasteiger partial charge is 0.444 e. The number of ether oxygens (including phenoxy) is 1. The summed E-state index contributed by atoms with van der Waals surface area (Å²) in [7, 11) is 0. The summed E-state index contributed by atoms with van der Waals surface area (Å²) in [4.78, 5) is 42.3. The molecule has 0 aliphatic heterocycles. The third-order valence-corrected chi connectivity index (χ3v) is 6.88. The number of hydrogen-bond donors (Lipinski definition) is 2. The van der Waals surface area contributed by atoms with Crippen molar-refractivity contribution in [1.29, 1.82) is 0 Å². The Labute approximate surface area is 232 Å². The first kappa shape index (κ1) is 31.2. The molecule has 38 heavy (non-hydrogen) atoms. The number of aryl methyl sites for hydroxylation is 3. The number of anilines is 1. The molecular formula is C30H42ClN3O4. The minimum atomic E-state index is -0.990. The summed E-state index contributed by atoms with van der Waals surface area (Å²) in [6.07, 6.45) is -0.135. The Morgan fingerprint density at radius 2 is 1.63 bits per heavy atom. The minimum Gasteiger partial charge on any atom is -0.444 e. The second-order valence-electron chi connectivity index (χ2n) is 11.4. The first-order chi connectivity index (χ1) is 17.5. The standard InChI is InChI=1S/C30H42ClN3O4/c1-11-30(9,10)34(27(36)21(5)32-28(37)38-29(6,7)8)25(22-17-18(2)15-16-19(22)3)26(35)33-24-20(4)13-12-14-23(24)31/h12-17,21,25H,11H2,1-10H3,(H,32,37)(H,33,35). The van der Waals surface area contributed by atoms with Gasteiger partial charge >= 0.3 is 6.09 Å². The number of hydrogen-bond acceptors (Lipinski definition) is 4. The van der Waals surface area contributed by atoms with Crippen LogP contribution in [0.2, 0.25) is 5.02 Å². The molecule has 2 rings (SSSR count). The molecule has 0 bridgehead atoms. The van der Waals surface area contributed by atoms with Gasteiger partial charge in [-0.25, -0.2) is 4.79 Å². The molecule has 0 aliphatic rings. The third-order valence-electron chi connectivity index (χ3n) is 6.56. The Bertz CT molecular complexity index is 1170. The minimum absolute atomic E-state index is 0.394. The van der Waals surface area contributed by atoms with Crippen LogP contribution in [0.3, 0.4) is 0 Å². The number of para-hydroxylation sites is 1. The molecule has 3 amide bonds. The van der Waals surface area contributed by atoms with Gasteiger partial charge in [-0.1, -0.05) is 54.4 Å². The van der Waals surface area contributed by atoms with Crippen LogP contribution in [0, 0.1) is 20.8 Å². The van der Waals surface area contributed by atoms with Gasteiger partial charge in [-0.05, 0) is 91.5 Å². The summed E-state index contributed by atoms with van der Waals surface area (Å²) in [6, 6.07) is 9.29. The van der Waals surface area contributed by atoms with Crippen LogP contribution in [0.15, 0.2) is 36.4 Å². The number of nitrogens with one attached hydrogen (secondary N) is 2. The number of halogens is 1. The zero-order chi connectivity index (χ0) is 29.0. The molecule has 0 aromatic heterocycles. The van der Waals surface area contributed by atoms with E-state index in [9.17, 15) is 14.4 Å². The molecule has 0 radical (unpaired) electrons. The average Bonchev–Trinajstić information content (AvgIpc) is 2.79. The molecule has 8 heteroatoms. The maximum atomic E-state index is 14.1. The maximum absolute atomic E-state index is 14.1. The van der Waals surface area contributed by atoms with Crippen molar-refractivity contribution in [3.05, 3.63) is 63.7 Å². The van der Waals surface area contributed by atoms with Gasteiger partial charge in [-0.3, -0.25) is 9.59 Å². The fraction of sp³-hybridized carbons (Fsp3) is 0.500. The highest BCUT2D eigenvalue weighted by Crippen LogP contribution is 2.36. The molecule has 0 spiro atoms. The lowest BCUT2D eigenvalue weighted by atomic mass is 9.89.